The van der Waals surface area contributed by atoms with Crippen LogP contribution in [0.2, 0.25) is 10.0 Å². The highest BCUT2D eigenvalue weighted by Crippen LogP contribution is 2.27. The summed E-state index contributed by atoms with van der Waals surface area (Å²) < 4.78 is 0. The number of aromatic nitrogens is 1. The topological polar surface area (TPSA) is 33.2 Å². The van der Waals surface area contributed by atoms with Gasteiger partial charge in [0.1, 0.15) is 0 Å². The zero-order chi connectivity index (χ0) is 16.2. The summed E-state index contributed by atoms with van der Waals surface area (Å²) in [6.07, 6.45) is 4.01. The molecule has 0 atom stereocenters. The van der Waals surface area contributed by atoms with Gasteiger partial charge in [-0.2, -0.15) is 0 Å². The van der Waals surface area contributed by atoms with Gasteiger partial charge in [0.15, 0.2) is 0 Å². The highest BCUT2D eigenvalue weighted by atomic mass is 35.5. The Bertz CT molecular complexity index is 662. The van der Waals surface area contributed by atoms with Crippen LogP contribution in [0, 0.1) is 0 Å². The molecule has 1 saturated heterocycles. The van der Waals surface area contributed by atoms with Crippen molar-refractivity contribution in [1.82, 2.24) is 9.88 Å². The lowest BCUT2D eigenvalue weighted by Crippen LogP contribution is -2.38. The Hall–Kier alpha value is -1.58. The molecule has 1 amide bonds. The van der Waals surface area contributed by atoms with E-state index in [-0.39, 0.29) is 5.91 Å². The third kappa shape index (κ3) is 4.24. The molecule has 1 aliphatic rings. The van der Waals surface area contributed by atoms with E-state index >= 15 is 0 Å². The molecule has 23 heavy (non-hydrogen) atoms. The van der Waals surface area contributed by atoms with Gasteiger partial charge in [0.2, 0.25) is 5.91 Å². The zero-order valence-electron chi connectivity index (χ0n) is 12.7. The van der Waals surface area contributed by atoms with Gasteiger partial charge in [0.25, 0.3) is 0 Å². The summed E-state index contributed by atoms with van der Waals surface area (Å²) in [4.78, 5) is 18.7. The maximum absolute atomic E-state index is 12.4. The van der Waals surface area contributed by atoms with E-state index in [0.717, 1.165) is 37.2 Å². The summed E-state index contributed by atoms with van der Waals surface area (Å²) in [6, 6.07) is 11.3. The first-order valence-corrected chi connectivity index (χ1v) is 8.51. The predicted molar refractivity (Wildman–Crippen MR) is 93.0 cm³/mol. The number of piperidine rings is 1. The number of carbonyl (C=O) groups excluding carboxylic acids is 1. The fraction of sp³-hybridized carbons (Fsp3) is 0.333. The minimum absolute atomic E-state index is 0.176. The Labute approximate surface area is 146 Å². The fourth-order valence-corrected chi connectivity index (χ4v) is 3.18. The second kappa shape index (κ2) is 7.33. The molecule has 2 heterocycles. The Balaban J connectivity index is 1.54. The van der Waals surface area contributed by atoms with E-state index in [1.165, 1.54) is 0 Å². The molecular weight excluding hydrogens is 331 g/mol. The van der Waals surface area contributed by atoms with Crippen molar-refractivity contribution in [1.29, 1.82) is 0 Å². The van der Waals surface area contributed by atoms with Crippen LogP contribution in [-0.4, -0.2) is 28.9 Å². The van der Waals surface area contributed by atoms with Crippen molar-refractivity contribution in [2.75, 3.05) is 13.1 Å². The molecule has 0 spiro atoms. The summed E-state index contributed by atoms with van der Waals surface area (Å²) in [6.45, 7) is 1.56. The van der Waals surface area contributed by atoms with Crippen LogP contribution in [0.3, 0.4) is 0 Å². The van der Waals surface area contributed by atoms with Crippen molar-refractivity contribution in [2.24, 2.45) is 0 Å². The lowest BCUT2D eigenvalue weighted by atomic mass is 9.93. The van der Waals surface area contributed by atoms with Crippen molar-refractivity contribution in [3.8, 4) is 0 Å². The number of carbonyl (C=O) groups is 1. The second-order valence-corrected chi connectivity index (χ2v) is 6.73. The molecule has 0 aliphatic carbocycles. The largest absolute Gasteiger partial charge is 0.342 e. The van der Waals surface area contributed by atoms with Gasteiger partial charge in [0, 0.05) is 35.9 Å². The molecule has 0 unspecified atom stereocenters. The number of likely N-dealkylation sites (tertiary alicyclic amines) is 1. The van der Waals surface area contributed by atoms with Crippen LogP contribution < -0.4 is 0 Å². The van der Waals surface area contributed by atoms with E-state index in [1.54, 1.807) is 6.20 Å². The molecular formula is C18H18Cl2N2O. The van der Waals surface area contributed by atoms with Crippen LogP contribution >= 0.6 is 23.2 Å². The summed E-state index contributed by atoms with van der Waals surface area (Å²) in [5.41, 5.74) is 2.07. The number of hydrogen-bond donors (Lipinski definition) is 0. The first kappa shape index (κ1) is 16.3. The lowest BCUT2D eigenvalue weighted by Gasteiger charge is -2.32. The Morgan fingerprint density at radius 1 is 1.04 bits per heavy atom. The van der Waals surface area contributed by atoms with E-state index in [9.17, 15) is 4.79 Å². The number of nitrogens with zero attached hydrogens (tertiary/aromatic N) is 2. The SMILES string of the molecule is O=C(Cc1ccc(Cl)cc1)N1CCC(c2ccc(Cl)cn2)CC1. The van der Waals surface area contributed by atoms with Gasteiger partial charge in [0.05, 0.1) is 11.4 Å². The summed E-state index contributed by atoms with van der Waals surface area (Å²) in [5.74, 6) is 0.585. The van der Waals surface area contributed by atoms with Gasteiger partial charge in [-0.3, -0.25) is 9.78 Å². The first-order valence-electron chi connectivity index (χ1n) is 7.75. The van der Waals surface area contributed by atoms with Crippen LogP contribution in [0.15, 0.2) is 42.6 Å². The lowest BCUT2D eigenvalue weighted by molar-refractivity contribution is -0.131. The minimum atomic E-state index is 0.176. The quantitative estimate of drug-likeness (QED) is 0.826. The average Bonchev–Trinajstić information content (AvgIpc) is 2.58. The summed E-state index contributed by atoms with van der Waals surface area (Å²) in [7, 11) is 0. The fourth-order valence-electron chi connectivity index (χ4n) is 2.94. The molecule has 3 rings (SSSR count). The number of halogens is 2. The first-order chi connectivity index (χ1) is 11.1. The number of hydrogen-bond acceptors (Lipinski definition) is 2. The third-order valence-corrected chi connectivity index (χ3v) is 4.76. The molecule has 5 heteroatoms. The van der Waals surface area contributed by atoms with Gasteiger partial charge in [-0.15, -0.1) is 0 Å². The van der Waals surface area contributed by atoms with E-state index in [0.29, 0.717) is 22.4 Å². The maximum atomic E-state index is 12.4. The Morgan fingerprint density at radius 3 is 2.30 bits per heavy atom. The highest BCUT2D eigenvalue weighted by molar-refractivity contribution is 6.30. The molecule has 1 fully saturated rings. The van der Waals surface area contributed by atoms with Crippen molar-refractivity contribution in [3.05, 3.63) is 63.9 Å². The number of benzene rings is 1. The van der Waals surface area contributed by atoms with Crippen LogP contribution in [0.4, 0.5) is 0 Å². The zero-order valence-corrected chi connectivity index (χ0v) is 14.2. The van der Waals surface area contributed by atoms with Crippen LogP contribution in [0.5, 0.6) is 0 Å². The summed E-state index contributed by atoms with van der Waals surface area (Å²) in [5, 5.41) is 1.35. The number of amides is 1. The van der Waals surface area contributed by atoms with Gasteiger partial charge in [-0.05, 0) is 42.7 Å². The molecule has 2 aromatic rings. The van der Waals surface area contributed by atoms with Crippen LogP contribution in [0.1, 0.15) is 30.0 Å². The Kier molecular flexibility index (Phi) is 5.19. The molecule has 120 valence electrons. The molecule has 0 N–H and O–H groups in total. The molecule has 1 aromatic heterocycles. The molecule has 1 aliphatic heterocycles. The van der Waals surface area contributed by atoms with Gasteiger partial charge < -0.3 is 4.90 Å². The third-order valence-electron chi connectivity index (χ3n) is 4.28. The number of rotatable bonds is 3. The van der Waals surface area contributed by atoms with E-state index in [1.807, 2.05) is 41.3 Å². The molecule has 3 nitrogen and oxygen atoms in total. The maximum Gasteiger partial charge on any atom is 0.226 e. The van der Waals surface area contributed by atoms with Crippen molar-refractivity contribution in [3.63, 3.8) is 0 Å². The molecule has 0 saturated carbocycles. The van der Waals surface area contributed by atoms with E-state index < -0.39 is 0 Å². The smallest absolute Gasteiger partial charge is 0.226 e. The average molecular weight is 349 g/mol. The normalized spacial score (nSPS) is 15.7. The van der Waals surface area contributed by atoms with Gasteiger partial charge in [-0.25, -0.2) is 0 Å². The van der Waals surface area contributed by atoms with Gasteiger partial charge in [-0.1, -0.05) is 35.3 Å². The molecule has 1 aromatic carbocycles. The Morgan fingerprint density at radius 2 is 1.70 bits per heavy atom. The second-order valence-electron chi connectivity index (χ2n) is 5.86. The molecule has 0 radical (unpaired) electrons. The van der Waals surface area contributed by atoms with Crippen molar-refractivity contribution >= 4 is 29.1 Å². The standard InChI is InChI=1S/C18H18Cl2N2O/c19-15-3-1-13(2-4-15)11-18(23)22-9-7-14(8-10-22)17-6-5-16(20)12-21-17/h1-6,12,14H,7-11H2. The van der Waals surface area contributed by atoms with Crippen molar-refractivity contribution in [2.45, 2.75) is 25.2 Å². The van der Waals surface area contributed by atoms with E-state index in [2.05, 4.69) is 4.98 Å². The minimum Gasteiger partial charge on any atom is -0.342 e. The highest BCUT2D eigenvalue weighted by Gasteiger charge is 2.24. The van der Waals surface area contributed by atoms with Crippen LogP contribution in [-0.2, 0) is 11.2 Å². The molecule has 0 bridgehead atoms. The van der Waals surface area contributed by atoms with Gasteiger partial charge >= 0.3 is 0 Å². The number of pyridine rings is 1. The van der Waals surface area contributed by atoms with E-state index in [4.69, 9.17) is 23.2 Å². The monoisotopic (exact) mass is 348 g/mol. The van der Waals surface area contributed by atoms with Crippen molar-refractivity contribution < 1.29 is 4.79 Å². The summed E-state index contributed by atoms with van der Waals surface area (Å²) >= 11 is 11.7. The van der Waals surface area contributed by atoms with Crippen LogP contribution in [0.25, 0.3) is 0 Å². The predicted octanol–water partition coefficient (Wildman–Crippen LogP) is 4.34.